The minimum Gasteiger partial charge on any atom is -0.306 e. The van der Waals surface area contributed by atoms with Crippen molar-refractivity contribution in [2.45, 2.75) is 64.5 Å². The fraction of sp³-hybridized carbons (Fsp3) is 0.733. The van der Waals surface area contributed by atoms with E-state index in [1.54, 1.807) is 0 Å². The summed E-state index contributed by atoms with van der Waals surface area (Å²) < 4.78 is 1.23. The first-order valence-electron chi connectivity index (χ1n) is 7.22. The van der Waals surface area contributed by atoms with Crippen LogP contribution in [0.25, 0.3) is 0 Å². The molecule has 1 nitrogen and oxygen atoms in total. The molecule has 18 heavy (non-hydrogen) atoms. The van der Waals surface area contributed by atoms with Crippen LogP contribution in [0, 0.1) is 5.92 Å². The highest BCUT2D eigenvalue weighted by molar-refractivity contribution is 9.11. The van der Waals surface area contributed by atoms with Crippen LogP contribution in [0.2, 0.25) is 0 Å². The Morgan fingerprint density at radius 3 is 2.61 bits per heavy atom. The molecule has 102 valence electrons. The fourth-order valence-electron chi connectivity index (χ4n) is 3.09. The van der Waals surface area contributed by atoms with Crippen molar-refractivity contribution < 1.29 is 0 Å². The Bertz CT molecular complexity index is 357. The zero-order chi connectivity index (χ0) is 13.0. The summed E-state index contributed by atoms with van der Waals surface area (Å²) in [5.41, 5.74) is 0. The maximum Gasteiger partial charge on any atom is 0.0701 e. The van der Waals surface area contributed by atoms with Crippen molar-refractivity contribution in [2.24, 2.45) is 5.92 Å². The molecule has 2 atom stereocenters. The number of thiophene rings is 1. The summed E-state index contributed by atoms with van der Waals surface area (Å²) >= 11 is 5.40. The van der Waals surface area contributed by atoms with Gasteiger partial charge in [0.05, 0.1) is 3.79 Å². The van der Waals surface area contributed by atoms with E-state index in [1.165, 1.54) is 47.2 Å². The predicted octanol–water partition coefficient (Wildman–Crippen LogP) is 5.52. The monoisotopic (exact) mass is 329 g/mol. The number of halogens is 1. The van der Waals surface area contributed by atoms with E-state index in [1.807, 2.05) is 11.3 Å². The molecular weight excluding hydrogens is 306 g/mol. The quantitative estimate of drug-likeness (QED) is 0.749. The molecule has 0 bridgehead atoms. The van der Waals surface area contributed by atoms with E-state index in [0.29, 0.717) is 12.1 Å². The molecule has 1 N–H and O–H groups in total. The lowest BCUT2D eigenvalue weighted by Gasteiger charge is -2.32. The number of hydrogen-bond donors (Lipinski definition) is 1. The average Bonchev–Trinajstić information content (AvgIpc) is 2.83. The molecule has 1 heterocycles. The predicted molar refractivity (Wildman–Crippen MR) is 84.2 cm³/mol. The number of hydrogen-bond acceptors (Lipinski definition) is 2. The molecule has 0 saturated heterocycles. The second-order valence-electron chi connectivity index (χ2n) is 5.44. The second kappa shape index (κ2) is 7.06. The van der Waals surface area contributed by atoms with E-state index in [9.17, 15) is 0 Å². The third-order valence-corrected chi connectivity index (χ3v) is 5.95. The van der Waals surface area contributed by atoms with Crippen molar-refractivity contribution in [1.82, 2.24) is 5.32 Å². The molecule has 1 aliphatic rings. The van der Waals surface area contributed by atoms with E-state index in [2.05, 4.69) is 47.2 Å². The highest BCUT2D eigenvalue weighted by atomic mass is 79.9. The highest BCUT2D eigenvalue weighted by Crippen LogP contribution is 2.31. The summed E-state index contributed by atoms with van der Waals surface area (Å²) in [6.45, 7) is 4.62. The summed E-state index contributed by atoms with van der Waals surface area (Å²) in [5, 5.41) is 3.86. The van der Waals surface area contributed by atoms with E-state index >= 15 is 0 Å². The fourth-order valence-corrected chi connectivity index (χ4v) is 4.52. The van der Waals surface area contributed by atoms with Crippen LogP contribution in [-0.4, -0.2) is 6.04 Å². The van der Waals surface area contributed by atoms with Gasteiger partial charge in [0.1, 0.15) is 0 Å². The van der Waals surface area contributed by atoms with Crippen LogP contribution in [0.1, 0.15) is 63.3 Å². The lowest BCUT2D eigenvalue weighted by Crippen LogP contribution is -2.38. The lowest BCUT2D eigenvalue weighted by molar-refractivity contribution is 0.250. The van der Waals surface area contributed by atoms with Crippen LogP contribution in [0.15, 0.2) is 15.9 Å². The van der Waals surface area contributed by atoms with Crippen molar-refractivity contribution in [3.63, 3.8) is 0 Å². The molecule has 0 spiro atoms. The third-order valence-electron chi connectivity index (χ3n) is 4.14. The Balaban J connectivity index is 1.92. The van der Waals surface area contributed by atoms with Gasteiger partial charge in [-0.1, -0.05) is 26.2 Å². The maximum atomic E-state index is 3.86. The molecule has 2 unspecified atom stereocenters. The molecule has 0 aliphatic heterocycles. The Hall–Kier alpha value is 0.140. The van der Waals surface area contributed by atoms with Crippen molar-refractivity contribution >= 4 is 27.3 Å². The number of nitrogens with one attached hydrogen (secondary N) is 1. The van der Waals surface area contributed by atoms with E-state index in [-0.39, 0.29) is 0 Å². The Kier molecular flexibility index (Phi) is 5.71. The summed E-state index contributed by atoms with van der Waals surface area (Å²) in [6, 6.07) is 5.56. The van der Waals surface area contributed by atoms with Gasteiger partial charge in [0.25, 0.3) is 0 Å². The van der Waals surface area contributed by atoms with Gasteiger partial charge >= 0.3 is 0 Å². The van der Waals surface area contributed by atoms with Gasteiger partial charge in [-0.05, 0) is 60.2 Å². The SMILES string of the molecule is CCC(NC(C)c1ccc(Br)s1)C1CCCCC1. The molecule has 1 aromatic heterocycles. The number of rotatable bonds is 5. The Morgan fingerprint density at radius 1 is 1.33 bits per heavy atom. The van der Waals surface area contributed by atoms with Gasteiger partial charge in [-0.25, -0.2) is 0 Å². The molecule has 1 saturated carbocycles. The van der Waals surface area contributed by atoms with Crippen molar-refractivity contribution in [3.8, 4) is 0 Å². The van der Waals surface area contributed by atoms with E-state index < -0.39 is 0 Å². The summed E-state index contributed by atoms with van der Waals surface area (Å²) in [7, 11) is 0. The van der Waals surface area contributed by atoms with Crippen LogP contribution in [0.5, 0.6) is 0 Å². The lowest BCUT2D eigenvalue weighted by atomic mass is 9.82. The molecule has 1 aliphatic carbocycles. The topological polar surface area (TPSA) is 12.0 Å². The molecule has 0 amide bonds. The molecule has 1 fully saturated rings. The summed E-state index contributed by atoms with van der Waals surface area (Å²) in [5.74, 6) is 0.898. The molecule has 2 rings (SSSR count). The molecule has 3 heteroatoms. The van der Waals surface area contributed by atoms with Crippen LogP contribution in [-0.2, 0) is 0 Å². The minimum atomic E-state index is 0.480. The molecular formula is C15H24BrNS. The Labute approximate surface area is 123 Å². The standard InChI is InChI=1S/C15H24BrNS/c1-3-13(12-7-5-4-6-8-12)17-11(2)14-9-10-15(16)18-14/h9-13,17H,3-8H2,1-2H3. The van der Waals surface area contributed by atoms with E-state index in [4.69, 9.17) is 0 Å². The zero-order valence-electron chi connectivity index (χ0n) is 11.4. The van der Waals surface area contributed by atoms with Crippen molar-refractivity contribution in [3.05, 3.63) is 20.8 Å². The zero-order valence-corrected chi connectivity index (χ0v) is 13.8. The van der Waals surface area contributed by atoms with Crippen molar-refractivity contribution in [2.75, 3.05) is 0 Å². The van der Waals surface area contributed by atoms with Gasteiger partial charge in [0.2, 0.25) is 0 Å². The van der Waals surface area contributed by atoms with Gasteiger partial charge in [-0.2, -0.15) is 0 Å². The maximum absolute atomic E-state index is 3.86. The van der Waals surface area contributed by atoms with Crippen molar-refractivity contribution in [1.29, 1.82) is 0 Å². The smallest absolute Gasteiger partial charge is 0.0701 e. The van der Waals surface area contributed by atoms with Gasteiger partial charge in [0, 0.05) is 17.0 Å². The molecule has 0 radical (unpaired) electrons. The first-order chi connectivity index (χ1) is 8.70. The van der Waals surface area contributed by atoms with Crippen LogP contribution in [0.4, 0.5) is 0 Å². The summed E-state index contributed by atoms with van der Waals surface area (Å²) in [4.78, 5) is 1.44. The Morgan fingerprint density at radius 2 is 2.06 bits per heavy atom. The third kappa shape index (κ3) is 3.82. The normalized spacial score (nSPS) is 20.8. The van der Waals surface area contributed by atoms with Gasteiger partial charge in [-0.3, -0.25) is 0 Å². The largest absolute Gasteiger partial charge is 0.306 e. The van der Waals surface area contributed by atoms with Gasteiger partial charge in [-0.15, -0.1) is 11.3 Å². The highest BCUT2D eigenvalue weighted by Gasteiger charge is 2.23. The van der Waals surface area contributed by atoms with Gasteiger partial charge in [0.15, 0.2) is 0 Å². The van der Waals surface area contributed by atoms with E-state index in [0.717, 1.165) is 5.92 Å². The van der Waals surface area contributed by atoms with Crippen LogP contribution >= 0.6 is 27.3 Å². The molecule has 1 aromatic rings. The first kappa shape index (κ1) is 14.5. The average molecular weight is 330 g/mol. The molecule has 0 aromatic carbocycles. The summed E-state index contributed by atoms with van der Waals surface area (Å²) in [6.07, 6.45) is 8.41. The first-order valence-corrected chi connectivity index (χ1v) is 8.83. The second-order valence-corrected chi connectivity index (χ2v) is 7.94. The minimum absolute atomic E-state index is 0.480. The van der Waals surface area contributed by atoms with Crippen LogP contribution < -0.4 is 5.32 Å². The van der Waals surface area contributed by atoms with Crippen LogP contribution in [0.3, 0.4) is 0 Å². The van der Waals surface area contributed by atoms with Gasteiger partial charge < -0.3 is 5.32 Å².